The summed E-state index contributed by atoms with van der Waals surface area (Å²) in [7, 11) is -1.62. The lowest BCUT2D eigenvalue weighted by molar-refractivity contribution is 1.28. The van der Waals surface area contributed by atoms with Gasteiger partial charge >= 0.3 is 0 Å². The molecule has 3 heteroatoms. The first-order chi connectivity index (χ1) is 9.98. The maximum Gasteiger partial charge on any atom is 0.256 e. The molecule has 2 nitrogen and oxygen atoms in total. The fraction of sp³-hybridized carbons (Fsp3) is 0.167. The second-order valence-electron chi connectivity index (χ2n) is 6.37. The van der Waals surface area contributed by atoms with E-state index in [2.05, 4.69) is 42.8 Å². The van der Waals surface area contributed by atoms with E-state index in [1.807, 2.05) is 36.4 Å². The number of pyridine rings is 1. The van der Waals surface area contributed by atoms with E-state index in [9.17, 15) is 4.79 Å². The van der Waals surface area contributed by atoms with E-state index in [4.69, 9.17) is 0 Å². The Labute approximate surface area is 125 Å². The predicted octanol–water partition coefficient (Wildman–Crippen LogP) is 3.74. The van der Waals surface area contributed by atoms with Gasteiger partial charge in [-0.3, -0.25) is 4.79 Å². The second kappa shape index (κ2) is 5.01. The molecule has 0 spiro atoms. The van der Waals surface area contributed by atoms with E-state index in [1.165, 1.54) is 5.19 Å². The molecular formula is C18H19NOSi. The maximum atomic E-state index is 12.4. The molecule has 2 aromatic carbocycles. The summed E-state index contributed by atoms with van der Waals surface area (Å²) in [5.41, 5.74) is 2.06. The zero-order valence-corrected chi connectivity index (χ0v) is 13.6. The number of rotatable bonds is 2. The number of aromatic nitrogens is 1. The molecule has 0 saturated carbocycles. The highest BCUT2D eigenvalue weighted by molar-refractivity contribution is 6.91. The van der Waals surface area contributed by atoms with E-state index in [0.717, 1.165) is 22.0 Å². The number of hydrogen-bond donors (Lipinski definition) is 1. The fourth-order valence-electron chi connectivity index (χ4n) is 2.88. The van der Waals surface area contributed by atoms with Crippen LogP contribution in [0.1, 0.15) is 0 Å². The standard InChI is InChI=1S/C18H19NOSi/c1-21(2,3)17-14-11-7-8-12-15(14)18(20)19-16(17)13-9-5-4-6-10-13/h4-12H,1-3H3,(H,19,20). The Hall–Kier alpha value is -2.13. The van der Waals surface area contributed by atoms with Crippen LogP contribution in [0.5, 0.6) is 0 Å². The summed E-state index contributed by atoms with van der Waals surface area (Å²) < 4.78 is 0. The highest BCUT2D eigenvalue weighted by atomic mass is 28.3. The third kappa shape index (κ3) is 2.45. The van der Waals surface area contributed by atoms with E-state index < -0.39 is 8.07 Å². The fourth-order valence-corrected chi connectivity index (χ4v) is 4.86. The van der Waals surface area contributed by atoms with Crippen molar-refractivity contribution in [1.29, 1.82) is 0 Å². The van der Waals surface area contributed by atoms with Crippen LogP contribution in [-0.2, 0) is 0 Å². The molecule has 1 N–H and O–H groups in total. The summed E-state index contributed by atoms with van der Waals surface area (Å²) in [5, 5.41) is 3.21. The van der Waals surface area contributed by atoms with Crippen LogP contribution in [0.4, 0.5) is 0 Å². The average molecular weight is 293 g/mol. The van der Waals surface area contributed by atoms with E-state index >= 15 is 0 Å². The van der Waals surface area contributed by atoms with Gasteiger partial charge in [-0.1, -0.05) is 68.2 Å². The number of H-pyrrole nitrogens is 1. The first-order valence-electron chi connectivity index (χ1n) is 7.19. The van der Waals surface area contributed by atoms with Crippen LogP contribution in [-0.4, -0.2) is 13.1 Å². The molecule has 0 unspecified atom stereocenters. The van der Waals surface area contributed by atoms with Gasteiger partial charge in [-0.25, -0.2) is 0 Å². The second-order valence-corrected chi connectivity index (χ2v) is 11.4. The molecule has 21 heavy (non-hydrogen) atoms. The molecule has 1 heterocycles. The third-order valence-electron chi connectivity index (χ3n) is 3.74. The van der Waals surface area contributed by atoms with E-state index in [0.29, 0.717) is 0 Å². The van der Waals surface area contributed by atoms with Crippen LogP contribution >= 0.6 is 0 Å². The van der Waals surface area contributed by atoms with Gasteiger partial charge in [0.25, 0.3) is 5.56 Å². The van der Waals surface area contributed by atoms with Crippen LogP contribution in [0.3, 0.4) is 0 Å². The van der Waals surface area contributed by atoms with Crippen molar-refractivity contribution in [3.8, 4) is 11.3 Å². The van der Waals surface area contributed by atoms with Gasteiger partial charge < -0.3 is 4.98 Å². The van der Waals surface area contributed by atoms with Crippen molar-refractivity contribution in [2.24, 2.45) is 0 Å². The quantitative estimate of drug-likeness (QED) is 0.717. The molecule has 0 fully saturated rings. The van der Waals surface area contributed by atoms with Crippen LogP contribution in [0.2, 0.25) is 19.6 Å². The Morgan fingerprint density at radius 1 is 0.810 bits per heavy atom. The minimum atomic E-state index is -1.62. The molecule has 0 atom stereocenters. The van der Waals surface area contributed by atoms with Gasteiger partial charge in [-0.2, -0.15) is 0 Å². The summed E-state index contributed by atoms with van der Waals surface area (Å²) in [6, 6.07) is 18.1. The molecule has 0 amide bonds. The largest absolute Gasteiger partial charge is 0.321 e. The van der Waals surface area contributed by atoms with Gasteiger partial charge in [0.2, 0.25) is 0 Å². The molecule has 3 rings (SSSR count). The van der Waals surface area contributed by atoms with Gasteiger partial charge in [-0.05, 0) is 22.2 Å². The third-order valence-corrected chi connectivity index (χ3v) is 5.76. The molecule has 0 bridgehead atoms. The van der Waals surface area contributed by atoms with Gasteiger partial charge in [0.05, 0.1) is 8.07 Å². The van der Waals surface area contributed by atoms with Gasteiger partial charge in [0.15, 0.2) is 0 Å². The van der Waals surface area contributed by atoms with Gasteiger partial charge in [0.1, 0.15) is 0 Å². The van der Waals surface area contributed by atoms with Crippen LogP contribution < -0.4 is 10.7 Å². The monoisotopic (exact) mass is 293 g/mol. The normalized spacial score (nSPS) is 11.8. The van der Waals surface area contributed by atoms with Crippen molar-refractivity contribution < 1.29 is 0 Å². The number of benzene rings is 2. The Morgan fingerprint density at radius 3 is 2.00 bits per heavy atom. The molecule has 0 aliphatic carbocycles. The lowest BCUT2D eigenvalue weighted by atomic mass is 10.1. The van der Waals surface area contributed by atoms with Crippen molar-refractivity contribution in [1.82, 2.24) is 4.98 Å². The molecule has 0 aliphatic heterocycles. The van der Waals surface area contributed by atoms with Crippen molar-refractivity contribution in [2.45, 2.75) is 19.6 Å². The summed E-state index contributed by atoms with van der Waals surface area (Å²) in [4.78, 5) is 15.5. The lowest BCUT2D eigenvalue weighted by Crippen LogP contribution is -2.41. The zero-order chi connectivity index (χ0) is 15.0. The lowest BCUT2D eigenvalue weighted by Gasteiger charge is -2.23. The molecule has 106 valence electrons. The van der Waals surface area contributed by atoms with Gasteiger partial charge in [-0.15, -0.1) is 0 Å². The minimum Gasteiger partial charge on any atom is -0.321 e. The predicted molar refractivity (Wildman–Crippen MR) is 93.0 cm³/mol. The average Bonchev–Trinajstić information content (AvgIpc) is 2.47. The molecule has 0 radical (unpaired) electrons. The molecule has 1 aromatic heterocycles. The Morgan fingerprint density at radius 2 is 1.38 bits per heavy atom. The maximum absolute atomic E-state index is 12.4. The molecular weight excluding hydrogens is 274 g/mol. The molecule has 3 aromatic rings. The van der Waals surface area contributed by atoms with Crippen molar-refractivity contribution in [2.75, 3.05) is 0 Å². The number of hydrogen-bond acceptors (Lipinski definition) is 1. The minimum absolute atomic E-state index is 0.00791. The number of aromatic amines is 1. The SMILES string of the molecule is C[Si](C)(C)c1c(-c2ccccc2)[nH]c(=O)c2ccccc12. The van der Waals surface area contributed by atoms with E-state index in [-0.39, 0.29) is 5.56 Å². The van der Waals surface area contributed by atoms with Crippen molar-refractivity contribution in [3.63, 3.8) is 0 Å². The first-order valence-corrected chi connectivity index (χ1v) is 10.7. The van der Waals surface area contributed by atoms with Crippen LogP contribution in [0.25, 0.3) is 22.0 Å². The van der Waals surface area contributed by atoms with Crippen LogP contribution in [0, 0.1) is 0 Å². The Kier molecular flexibility index (Phi) is 3.30. The highest BCUT2D eigenvalue weighted by Gasteiger charge is 2.25. The topological polar surface area (TPSA) is 32.9 Å². The van der Waals surface area contributed by atoms with Gasteiger partial charge in [0, 0.05) is 11.1 Å². The zero-order valence-electron chi connectivity index (χ0n) is 12.6. The van der Waals surface area contributed by atoms with Crippen molar-refractivity contribution >= 4 is 24.0 Å². The Balaban J connectivity index is 2.48. The van der Waals surface area contributed by atoms with Crippen LogP contribution in [0.15, 0.2) is 59.4 Å². The summed E-state index contributed by atoms with van der Waals surface area (Å²) in [6.07, 6.45) is 0. The van der Waals surface area contributed by atoms with Crippen molar-refractivity contribution in [3.05, 3.63) is 65.0 Å². The molecule has 0 saturated heterocycles. The summed E-state index contributed by atoms with van der Waals surface area (Å²) >= 11 is 0. The Bertz CT molecular complexity index is 844. The highest BCUT2D eigenvalue weighted by Crippen LogP contribution is 2.21. The number of nitrogens with one attached hydrogen (secondary N) is 1. The van der Waals surface area contributed by atoms with E-state index in [1.54, 1.807) is 0 Å². The smallest absolute Gasteiger partial charge is 0.256 e. The molecule has 0 aliphatic rings. The number of fused-ring (bicyclic) bond motifs is 1. The first kappa shape index (κ1) is 13.8. The summed E-state index contributed by atoms with van der Waals surface area (Å²) in [6.45, 7) is 6.96. The summed E-state index contributed by atoms with van der Waals surface area (Å²) in [5.74, 6) is 0.